The van der Waals surface area contributed by atoms with E-state index in [0.717, 1.165) is 0 Å². The Morgan fingerprint density at radius 2 is 1.25 bits per heavy atom. The molecule has 24 heavy (non-hydrogen) atoms. The van der Waals surface area contributed by atoms with Crippen LogP contribution in [0, 0.1) is 6.42 Å². The van der Waals surface area contributed by atoms with Crippen molar-refractivity contribution >= 4 is 32.9 Å². The fraction of sp³-hybridized carbons (Fsp3) is 0.143. The number of fused-ring (bicyclic) bond motifs is 2. The zero-order valence-electron chi connectivity index (χ0n) is 13.5. The number of benzene rings is 2. The minimum atomic E-state index is -1.76. The summed E-state index contributed by atoms with van der Waals surface area (Å²) in [5.41, 5.74) is 5.58. The van der Waals surface area contributed by atoms with Crippen LogP contribution in [0.15, 0.2) is 60.7 Å². The van der Waals surface area contributed by atoms with Gasteiger partial charge in [0.05, 0.1) is 0 Å². The van der Waals surface area contributed by atoms with Crippen LogP contribution in [-0.4, -0.2) is 3.71 Å². The fourth-order valence-electron chi connectivity index (χ4n) is 3.11. The molecule has 4 rings (SSSR count). The van der Waals surface area contributed by atoms with Crippen molar-refractivity contribution in [3.05, 3.63) is 89.4 Å². The second kappa shape index (κ2) is 8.57. The zero-order chi connectivity index (χ0) is 16.9. The monoisotopic (exact) mass is 431 g/mol. The molecule has 0 bridgehead atoms. The van der Waals surface area contributed by atoms with Gasteiger partial charge in [-0.1, -0.05) is 71.8 Å². The number of rotatable bonds is 2. The van der Waals surface area contributed by atoms with Crippen LogP contribution < -0.4 is 0 Å². The summed E-state index contributed by atoms with van der Waals surface area (Å²) in [6.07, 6.45) is 11.5. The topological polar surface area (TPSA) is 0 Å². The molecule has 0 saturated heterocycles. The van der Waals surface area contributed by atoms with E-state index < -0.39 is 18.9 Å². The van der Waals surface area contributed by atoms with Crippen LogP contribution in [0.1, 0.15) is 41.0 Å². The molecule has 2 atom stereocenters. The van der Waals surface area contributed by atoms with E-state index in [1.54, 1.807) is 0 Å². The number of halogens is 2. The molecule has 0 aromatic heterocycles. The van der Waals surface area contributed by atoms with Crippen molar-refractivity contribution in [2.24, 2.45) is 0 Å². The van der Waals surface area contributed by atoms with Crippen LogP contribution in [-0.2, 0) is 18.9 Å². The molecule has 3 heteroatoms. The van der Waals surface area contributed by atoms with Crippen molar-refractivity contribution in [2.45, 2.75) is 18.8 Å². The molecule has 0 N–H and O–H groups in total. The average Bonchev–Trinajstić information content (AvgIpc) is 3.21. The van der Waals surface area contributed by atoms with Gasteiger partial charge in [0.1, 0.15) is 0 Å². The molecule has 0 nitrogen and oxygen atoms in total. The minimum absolute atomic E-state index is 0.442. The Hall–Kier alpha value is -0.747. The van der Waals surface area contributed by atoms with Crippen molar-refractivity contribution in [3.63, 3.8) is 0 Å². The molecular weight excluding hydrogens is 414 g/mol. The number of allylic oxidation sites excluding steroid dienone is 2. The van der Waals surface area contributed by atoms with Crippen LogP contribution in [0.5, 0.6) is 0 Å². The van der Waals surface area contributed by atoms with Gasteiger partial charge in [0.2, 0.25) is 0 Å². The van der Waals surface area contributed by atoms with Gasteiger partial charge in [0, 0.05) is 0 Å². The molecule has 0 fully saturated rings. The first-order valence-corrected chi connectivity index (χ1v) is 15.8. The molecule has 2 unspecified atom stereocenters. The third-order valence-corrected chi connectivity index (χ3v) is 7.96. The molecular formula is C21H19Cl2Zr-. The standard InChI is InChI=1S/C19H15.C2H4.2ClH.Zr/c1-3-7-18-14(5-1)9-11-16(18)13-17-12-10-15-6-2-4-8-19(15)17;1-2;;;/h1-13,16-17H;1H,2H3;2*1H;/q-1;;;;+2/p-2. The molecule has 2 aliphatic rings. The van der Waals surface area contributed by atoms with Crippen LogP contribution >= 0.6 is 17.0 Å². The van der Waals surface area contributed by atoms with E-state index >= 15 is 0 Å². The molecule has 0 aliphatic heterocycles. The summed E-state index contributed by atoms with van der Waals surface area (Å²) in [4.78, 5) is 0. The zero-order valence-corrected chi connectivity index (χ0v) is 17.5. The van der Waals surface area contributed by atoms with Crippen molar-refractivity contribution in [1.82, 2.24) is 0 Å². The van der Waals surface area contributed by atoms with Gasteiger partial charge in [0.25, 0.3) is 0 Å². The molecule has 0 heterocycles. The Bertz CT molecular complexity index is 741. The van der Waals surface area contributed by atoms with Gasteiger partial charge in [-0.05, 0) is 11.1 Å². The molecule has 0 radical (unpaired) electrons. The summed E-state index contributed by atoms with van der Waals surface area (Å²) in [7, 11) is 10.7. The summed E-state index contributed by atoms with van der Waals surface area (Å²) in [6, 6.07) is 17.3. The first kappa shape index (κ1) is 18.1. The van der Waals surface area contributed by atoms with E-state index in [-0.39, 0.29) is 0 Å². The molecule has 0 spiro atoms. The molecule has 0 amide bonds. The third-order valence-electron chi connectivity index (χ3n) is 4.31. The Morgan fingerprint density at radius 1 is 0.833 bits per heavy atom. The Balaban J connectivity index is 0.000000300. The number of hydrogen-bond donors (Lipinski definition) is 0. The van der Waals surface area contributed by atoms with Gasteiger partial charge < -0.3 is 6.42 Å². The maximum absolute atomic E-state index is 5.37. The van der Waals surface area contributed by atoms with Crippen molar-refractivity contribution in [1.29, 1.82) is 0 Å². The summed E-state index contributed by atoms with van der Waals surface area (Å²) in [5.74, 6) is 0.883. The van der Waals surface area contributed by atoms with Crippen LogP contribution in [0.4, 0.5) is 0 Å². The van der Waals surface area contributed by atoms with E-state index in [0.29, 0.717) is 11.8 Å². The molecule has 2 aromatic rings. The van der Waals surface area contributed by atoms with Crippen LogP contribution in [0.2, 0.25) is 0 Å². The molecule has 122 valence electrons. The Kier molecular flexibility index (Phi) is 6.45. The normalized spacial score (nSPS) is 19.3. The van der Waals surface area contributed by atoms with E-state index in [4.69, 9.17) is 17.0 Å². The van der Waals surface area contributed by atoms with Gasteiger partial charge in [-0.2, -0.15) is 0 Å². The second-order valence-electron chi connectivity index (χ2n) is 5.80. The Morgan fingerprint density at radius 3 is 1.67 bits per heavy atom. The summed E-state index contributed by atoms with van der Waals surface area (Å²) in [6.45, 7) is 1.90. The van der Waals surface area contributed by atoms with Gasteiger partial charge >= 0.3 is 46.5 Å². The van der Waals surface area contributed by atoms with Gasteiger partial charge in [0.15, 0.2) is 0 Å². The van der Waals surface area contributed by atoms with Crippen LogP contribution in [0.25, 0.3) is 12.2 Å². The van der Waals surface area contributed by atoms with Crippen molar-refractivity contribution in [3.8, 4) is 0 Å². The average molecular weight is 434 g/mol. The Labute approximate surface area is 159 Å². The second-order valence-corrected chi connectivity index (χ2v) is 14.6. The molecule has 0 saturated carbocycles. The quantitative estimate of drug-likeness (QED) is 0.472. The van der Waals surface area contributed by atoms with E-state index in [2.05, 4.69) is 79.3 Å². The summed E-state index contributed by atoms with van der Waals surface area (Å²) in [5, 5.41) is 0. The summed E-state index contributed by atoms with van der Waals surface area (Å²) >= 11 is -1.76. The predicted octanol–water partition coefficient (Wildman–Crippen LogP) is 6.55. The number of hydrogen-bond acceptors (Lipinski definition) is 0. The van der Waals surface area contributed by atoms with Crippen LogP contribution in [0.3, 0.4) is 0 Å². The van der Waals surface area contributed by atoms with Crippen molar-refractivity contribution in [2.75, 3.05) is 0 Å². The first-order valence-electron chi connectivity index (χ1n) is 8.05. The van der Waals surface area contributed by atoms with Gasteiger partial charge in [-0.15, -0.1) is 24.0 Å². The predicted molar refractivity (Wildman–Crippen MR) is 104 cm³/mol. The fourth-order valence-corrected chi connectivity index (χ4v) is 3.11. The van der Waals surface area contributed by atoms with Gasteiger partial charge in [-0.25, -0.2) is 0 Å². The third kappa shape index (κ3) is 4.26. The van der Waals surface area contributed by atoms with Gasteiger partial charge in [-0.3, -0.25) is 0 Å². The maximum atomic E-state index is 5.37. The first-order chi connectivity index (χ1) is 11.7. The van der Waals surface area contributed by atoms with E-state index in [1.807, 2.05) is 10.6 Å². The molecule has 2 aliphatic carbocycles. The van der Waals surface area contributed by atoms with E-state index in [1.165, 1.54) is 22.3 Å². The van der Waals surface area contributed by atoms with Crippen molar-refractivity contribution < 1.29 is 18.9 Å². The van der Waals surface area contributed by atoms with E-state index in [9.17, 15) is 0 Å². The SMILES string of the molecule is C1=CC([CH-]C2C=Cc3ccccc32)c2ccccc21.C[CH]=[Zr]([Cl])[Cl]. The summed E-state index contributed by atoms with van der Waals surface area (Å²) < 4.78 is 1.89. The molecule has 2 aromatic carbocycles.